The highest BCUT2D eigenvalue weighted by atomic mass is 35.5. The summed E-state index contributed by atoms with van der Waals surface area (Å²) in [6.07, 6.45) is 2.57. The second kappa shape index (κ2) is 6.00. The first-order valence-electron chi connectivity index (χ1n) is 6.78. The van der Waals surface area contributed by atoms with Crippen LogP contribution < -0.4 is 0 Å². The third-order valence-corrected chi connectivity index (χ3v) is 5.67. The lowest BCUT2D eigenvalue weighted by molar-refractivity contribution is 0.403. The van der Waals surface area contributed by atoms with E-state index < -0.39 is 15.8 Å². The van der Waals surface area contributed by atoms with Crippen LogP contribution in [0, 0.1) is 12.7 Å². The highest BCUT2D eigenvalue weighted by molar-refractivity contribution is 7.89. The zero-order valence-corrected chi connectivity index (χ0v) is 13.3. The molecule has 0 saturated heterocycles. The number of benzene rings is 1. The number of rotatable bonds is 6. The molecule has 1 aromatic carbocycles. The van der Waals surface area contributed by atoms with Crippen LogP contribution in [0.2, 0.25) is 0 Å². The molecule has 1 saturated carbocycles. The van der Waals surface area contributed by atoms with Gasteiger partial charge in [0.15, 0.2) is 0 Å². The first-order valence-corrected chi connectivity index (χ1v) is 8.76. The van der Waals surface area contributed by atoms with E-state index in [-0.39, 0.29) is 22.4 Å². The zero-order valence-electron chi connectivity index (χ0n) is 11.7. The fraction of sp³-hybridized carbons (Fsp3) is 0.571. The van der Waals surface area contributed by atoms with Crippen LogP contribution in [-0.2, 0) is 15.9 Å². The van der Waals surface area contributed by atoms with Gasteiger partial charge in [-0.2, -0.15) is 4.31 Å². The Morgan fingerprint density at radius 1 is 1.40 bits per heavy atom. The van der Waals surface area contributed by atoms with Gasteiger partial charge in [-0.05, 0) is 43.9 Å². The van der Waals surface area contributed by atoms with E-state index in [4.69, 9.17) is 11.6 Å². The van der Waals surface area contributed by atoms with Crippen LogP contribution in [0.1, 0.15) is 37.3 Å². The Labute approximate surface area is 124 Å². The van der Waals surface area contributed by atoms with Crippen LogP contribution in [-0.4, -0.2) is 25.3 Å². The van der Waals surface area contributed by atoms with Crippen molar-refractivity contribution >= 4 is 21.6 Å². The maximum atomic E-state index is 13.8. The summed E-state index contributed by atoms with van der Waals surface area (Å²) in [6.45, 7) is 4.01. The van der Waals surface area contributed by atoms with E-state index in [1.54, 1.807) is 6.92 Å². The van der Waals surface area contributed by atoms with Gasteiger partial charge in [0.2, 0.25) is 10.0 Å². The predicted octanol–water partition coefficient (Wildman–Crippen LogP) is 3.44. The van der Waals surface area contributed by atoms with E-state index in [9.17, 15) is 12.8 Å². The maximum Gasteiger partial charge on any atom is 0.243 e. The van der Waals surface area contributed by atoms with Gasteiger partial charge in [0.05, 0.1) is 10.8 Å². The summed E-state index contributed by atoms with van der Waals surface area (Å²) in [4.78, 5) is 0.146. The summed E-state index contributed by atoms with van der Waals surface area (Å²) >= 11 is 5.69. The van der Waals surface area contributed by atoms with Crippen LogP contribution >= 0.6 is 11.6 Å². The first kappa shape index (κ1) is 15.7. The van der Waals surface area contributed by atoms with Crippen molar-refractivity contribution < 1.29 is 12.8 Å². The minimum Gasteiger partial charge on any atom is -0.207 e. The van der Waals surface area contributed by atoms with Crippen molar-refractivity contribution in [2.75, 3.05) is 6.54 Å². The van der Waals surface area contributed by atoms with Gasteiger partial charge in [-0.3, -0.25) is 0 Å². The van der Waals surface area contributed by atoms with Crippen molar-refractivity contribution in [3.8, 4) is 0 Å². The number of alkyl halides is 1. The van der Waals surface area contributed by atoms with Crippen molar-refractivity contribution in [3.05, 3.63) is 29.1 Å². The molecule has 0 aromatic heterocycles. The minimum absolute atomic E-state index is 0.0345. The van der Waals surface area contributed by atoms with Crippen LogP contribution in [0.25, 0.3) is 0 Å². The fourth-order valence-corrected chi connectivity index (χ4v) is 4.38. The fourth-order valence-electron chi connectivity index (χ4n) is 2.27. The van der Waals surface area contributed by atoms with E-state index in [0.29, 0.717) is 12.1 Å². The van der Waals surface area contributed by atoms with Gasteiger partial charge >= 0.3 is 0 Å². The normalized spacial score (nSPS) is 15.8. The molecule has 1 aliphatic rings. The van der Waals surface area contributed by atoms with Gasteiger partial charge in [-0.25, -0.2) is 12.8 Å². The zero-order chi connectivity index (χ0) is 14.9. The van der Waals surface area contributed by atoms with E-state index in [1.165, 1.54) is 16.4 Å². The van der Waals surface area contributed by atoms with Gasteiger partial charge in [-0.1, -0.05) is 6.92 Å². The molecule has 0 N–H and O–H groups in total. The Hall–Kier alpha value is -0.650. The molecule has 0 heterocycles. The molecule has 0 unspecified atom stereocenters. The molecule has 1 aromatic rings. The number of halogens is 2. The van der Waals surface area contributed by atoms with Crippen LogP contribution in [0.5, 0.6) is 0 Å². The summed E-state index contributed by atoms with van der Waals surface area (Å²) in [6, 6.07) is 2.85. The van der Waals surface area contributed by atoms with Gasteiger partial charge < -0.3 is 0 Å². The number of hydrogen-bond acceptors (Lipinski definition) is 2. The number of aryl methyl sites for hydroxylation is 1. The summed E-state index contributed by atoms with van der Waals surface area (Å²) in [7, 11) is -3.56. The smallest absolute Gasteiger partial charge is 0.207 e. The van der Waals surface area contributed by atoms with Gasteiger partial charge in [0.25, 0.3) is 0 Å². The molecule has 0 spiro atoms. The number of hydrogen-bond donors (Lipinski definition) is 0. The quantitative estimate of drug-likeness (QED) is 0.753. The molecule has 1 fully saturated rings. The Bertz CT molecular complexity index is 599. The van der Waals surface area contributed by atoms with Crippen molar-refractivity contribution in [3.63, 3.8) is 0 Å². The van der Waals surface area contributed by atoms with Crippen molar-refractivity contribution in [1.29, 1.82) is 0 Å². The van der Waals surface area contributed by atoms with Crippen molar-refractivity contribution in [1.82, 2.24) is 4.31 Å². The first-order chi connectivity index (χ1) is 9.41. The lowest BCUT2D eigenvalue weighted by Crippen LogP contribution is -2.34. The van der Waals surface area contributed by atoms with Gasteiger partial charge in [0.1, 0.15) is 5.82 Å². The molecular weight excluding hydrogens is 301 g/mol. The average Bonchev–Trinajstić information content (AvgIpc) is 3.22. The van der Waals surface area contributed by atoms with E-state index >= 15 is 0 Å². The van der Waals surface area contributed by atoms with E-state index in [0.717, 1.165) is 19.3 Å². The molecular formula is C14H19ClFNO2S. The second-order valence-electron chi connectivity index (χ2n) is 5.19. The monoisotopic (exact) mass is 319 g/mol. The molecule has 112 valence electrons. The molecule has 3 nitrogen and oxygen atoms in total. The molecule has 0 aliphatic heterocycles. The van der Waals surface area contributed by atoms with Crippen molar-refractivity contribution in [2.45, 2.75) is 49.9 Å². The molecule has 20 heavy (non-hydrogen) atoms. The second-order valence-corrected chi connectivity index (χ2v) is 7.35. The maximum absolute atomic E-state index is 13.8. The Kier molecular flexibility index (Phi) is 4.72. The molecule has 0 amide bonds. The molecule has 0 radical (unpaired) electrons. The highest BCUT2D eigenvalue weighted by Crippen LogP contribution is 2.33. The summed E-state index contributed by atoms with van der Waals surface area (Å²) in [5.41, 5.74) is 0.548. The largest absolute Gasteiger partial charge is 0.243 e. The summed E-state index contributed by atoms with van der Waals surface area (Å²) in [5, 5.41) is 0. The molecule has 6 heteroatoms. The minimum atomic E-state index is -3.56. The average molecular weight is 320 g/mol. The number of sulfonamides is 1. The van der Waals surface area contributed by atoms with Crippen LogP contribution in [0.3, 0.4) is 0 Å². The molecule has 0 atom stereocenters. The summed E-state index contributed by atoms with van der Waals surface area (Å²) in [5.74, 6) is -0.458. The Morgan fingerprint density at radius 2 is 2.05 bits per heavy atom. The molecule has 2 rings (SSSR count). The predicted molar refractivity (Wildman–Crippen MR) is 77.9 cm³/mol. The van der Waals surface area contributed by atoms with Gasteiger partial charge in [0, 0.05) is 18.2 Å². The summed E-state index contributed by atoms with van der Waals surface area (Å²) < 4.78 is 40.7. The standard InChI is InChI=1S/C14H19ClFNO2S/c1-3-6-17(12-4-5-12)20(18,19)13-7-10(2)14(16)11(8-13)9-15/h7-8,12H,3-6,9H2,1-2H3. The highest BCUT2D eigenvalue weighted by Gasteiger charge is 2.37. The van der Waals surface area contributed by atoms with Crippen LogP contribution in [0.4, 0.5) is 4.39 Å². The third-order valence-electron chi connectivity index (χ3n) is 3.45. The van der Waals surface area contributed by atoms with E-state index in [2.05, 4.69) is 0 Å². The third kappa shape index (κ3) is 3.00. The molecule has 0 bridgehead atoms. The molecule has 1 aliphatic carbocycles. The Balaban J connectivity index is 2.45. The van der Waals surface area contributed by atoms with Crippen LogP contribution in [0.15, 0.2) is 17.0 Å². The SMILES string of the molecule is CCCN(C1CC1)S(=O)(=O)c1cc(C)c(F)c(CCl)c1. The Morgan fingerprint density at radius 3 is 2.55 bits per heavy atom. The topological polar surface area (TPSA) is 37.4 Å². The lowest BCUT2D eigenvalue weighted by Gasteiger charge is -2.22. The van der Waals surface area contributed by atoms with E-state index in [1.807, 2.05) is 6.92 Å². The lowest BCUT2D eigenvalue weighted by atomic mass is 10.1. The van der Waals surface area contributed by atoms with Gasteiger partial charge in [-0.15, -0.1) is 11.6 Å². The number of nitrogens with zero attached hydrogens (tertiary/aromatic N) is 1. The van der Waals surface area contributed by atoms with Crippen molar-refractivity contribution in [2.24, 2.45) is 0 Å².